The fourth-order valence-electron chi connectivity index (χ4n) is 0.911. The molecule has 0 fully saturated rings. The van der Waals surface area contributed by atoms with Crippen LogP contribution in [0.1, 0.15) is 16.6 Å². The van der Waals surface area contributed by atoms with Gasteiger partial charge in [0.1, 0.15) is 10.5 Å². The minimum absolute atomic E-state index is 0.0142. The first-order valence-corrected chi connectivity index (χ1v) is 5.28. The van der Waals surface area contributed by atoms with Crippen molar-refractivity contribution < 1.29 is 15.0 Å². The van der Waals surface area contributed by atoms with E-state index in [1.165, 1.54) is 18.3 Å². The standard InChI is InChI=1S/C9H14N2O3S/c1-9(14,5-12)4-11-8(13)7-6(10)2-3-15-7/h2-3,12,14H,4-5,10H2,1H3,(H,11,13). The Morgan fingerprint density at radius 1 is 1.73 bits per heavy atom. The van der Waals surface area contributed by atoms with E-state index in [0.717, 1.165) is 0 Å². The molecule has 1 aromatic rings. The molecule has 1 unspecified atom stereocenters. The predicted octanol–water partition coefficient (Wildman–Crippen LogP) is -0.197. The predicted molar refractivity (Wildman–Crippen MR) is 58.8 cm³/mol. The van der Waals surface area contributed by atoms with E-state index in [-0.39, 0.29) is 12.5 Å². The molecule has 5 N–H and O–H groups in total. The number of carbonyl (C=O) groups is 1. The van der Waals surface area contributed by atoms with E-state index in [1.54, 1.807) is 11.4 Å². The van der Waals surface area contributed by atoms with E-state index in [0.29, 0.717) is 10.6 Å². The third kappa shape index (κ3) is 3.19. The molecular formula is C9H14N2O3S. The van der Waals surface area contributed by atoms with Crippen molar-refractivity contribution in [3.8, 4) is 0 Å². The van der Waals surface area contributed by atoms with Gasteiger partial charge in [0.15, 0.2) is 0 Å². The van der Waals surface area contributed by atoms with Gasteiger partial charge in [0, 0.05) is 6.54 Å². The van der Waals surface area contributed by atoms with Crippen LogP contribution in [0.2, 0.25) is 0 Å². The number of anilines is 1. The zero-order valence-electron chi connectivity index (χ0n) is 8.36. The average molecular weight is 230 g/mol. The quantitative estimate of drug-likeness (QED) is 0.576. The van der Waals surface area contributed by atoms with Crippen LogP contribution < -0.4 is 11.1 Å². The topological polar surface area (TPSA) is 95.6 Å². The Bertz CT molecular complexity index is 349. The van der Waals surface area contributed by atoms with E-state index in [9.17, 15) is 9.90 Å². The summed E-state index contributed by atoms with van der Waals surface area (Å²) in [5.41, 5.74) is 4.66. The number of nitrogens with two attached hydrogens (primary N) is 1. The zero-order chi connectivity index (χ0) is 11.5. The Labute approximate surface area is 91.5 Å². The van der Waals surface area contributed by atoms with Crippen LogP contribution >= 0.6 is 11.3 Å². The number of nitrogens with one attached hydrogen (secondary N) is 1. The minimum atomic E-state index is -1.30. The highest BCUT2D eigenvalue weighted by Gasteiger charge is 2.21. The molecular weight excluding hydrogens is 216 g/mol. The summed E-state index contributed by atoms with van der Waals surface area (Å²) in [7, 11) is 0. The number of hydrogen-bond acceptors (Lipinski definition) is 5. The molecule has 6 heteroatoms. The SMILES string of the molecule is CC(O)(CO)CNC(=O)c1sccc1N. The maximum atomic E-state index is 11.5. The summed E-state index contributed by atoms with van der Waals surface area (Å²) < 4.78 is 0. The van der Waals surface area contributed by atoms with Gasteiger partial charge in [0.25, 0.3) is 5.91 Å². The summed E-state index contributed by atoms with van der Waals surface area (Å²) in [5, 5.41) is 22.4. The maximum Gasteiger partial charge on any atom is 0.263 e. The van der Waals surface area contributed by atoms with Crippen LogP contribution in [0.15, 0.2) is 11.4 Å². The Morgan fingerprint density at radius 3 is 2.87 bits per heavy atom. The molecule has 1 heterocycles. The van der Waals surface area contributed by atoms with Gasteiger partial charge in [-0.05, 0) is 18.4 Å². The molecule has 0 aromatic carbocycles. The number of aliphatic hydroxyl groups is 2. The van der Waals surface area contributed by atoms with Crippen molar-refractivity contribution in [2.45, 2.75) is 12.5 Å². The largest absolute Gasteiger partial charge is 0.397 e. The molecule has 0 aliphatic carbocycles. The maximum absolute atomic E-state index is 11.5. The van der Waals surface area contributed by atoms with Crippen LogP contribution in [0, 0.1) is 0 Å². The second-order valence-corrected chi connectivity index (χ2v) is 4.46. The second kappa shape index (κ2) is 4.61. The summed E-state index contributed by atoms with van der Waals surface area (Å²) in [4.78, 5) is 11.9. The number of nitrogen functional groups attached to an aromatic ring is 1. The van der Waals surface area contributed by atoms with Crippen LogP contribution in [-0.4, -0.2) is 34.9 Å². The van der Waals surface area contributed by atoms with Gasteiger partial charge in [-0.3, -0.25) is 4.79 Å². The third-order valence-electron chi connectivity index (χ3n) is 1.87. The molecule has 0 spiro atoms. The highest BCUT2D eigenvalue weighted by molar-refractivity contribution is 7.12. The number of carbonyl (C=O) groups excluding carboxylic acids is 1. The number of aliphatic hydroxyl groups excluding tert-OH is 1. The van der Waals surface area contributed by atoms with Crippen LogP contribution in [-0.2, 0) is 0 Å². The first-order valence-electron chi connectivity index (χ1n) is 4.41. The van der Waals surface area contributed by atoms with Gasteiger partial charge in [-0.25, -0.2) is 0 Å². The lowest BCUT2D eigenvalue weighted by molar-refractivity contribution is 0.00324. The fraction of sp³-hybridized carbons (Fsp3) is 0.444. The third-order valence-corrected chi connectivity index (χ3v) is 2.80. The average Bonchev–Trinajstić information content (AvgIpc) is 2.61. The molecule has 0 saturated heterocycles. The molecule has 1 aromatic heterocycles. The van der Waals surface area contributed by atoms with Crippen molar-refractivity contribution in [1.82, 2.24) is 5.32 Å². The summed E-state index contributed by atoms with van der Waals surface area (Å²) in [5.74, 6) is -0.337. The molecule has 1 rings (SSSR count). The highest BCUT2D eigenvalue weighted by atomic mass is 32.1. The van der Waals surface area contributed by atoms with E-state index in [2.05, 4.69) is 5.32 Å². The highest BCUT2D eigenvalue weighted by Crippen LogP contribution is 2.18. The monoisotopic (exact) mass is 230 g/mol. The van der Waals surface area contributed by atoms with Crippen molar-refractivity contribution >= 4 is 22.9 Å². The van der Waals surface area contributed by atoms with Crippen LogP contribution in [0.3, 0.4) is 0 Å². The first-order chi connectivity index (χ1) is 6.96. The van der Waals surface area contributed by atoms with Gasteiger partial charge in [0.2, 0.25) is 0 Å². The Morgan fingerprint density at radius 2 is 2.40 bits per heavy atom. The van der Waals surface area contributed by atoms with Gasteiger partial charge >= 0.3 is 0 Å². The van der Waals surface area contributed by atoms with Gasteiger partial charge in [-0.1, -0.05) is 0 Å². The molecule has 15 heavy (non-hydrogen) atoms. The molecule has 0 aliphatic heterocycles. The first kappa shape index (κ1) is 12.0. The van der Waals surface area contributed by atoms with E-state index in [4.69, 9.17) is 10.8 Å². The van der Waals surface area contributed by atoms with E-state index in [1.807, 2.05) is 0 Å². The number of amides is 1. The lowest BCUT2D eigenvalue weighted by atomic mass is 10.1. The van der Waals surface area contributed by atoms with Crippen molar-refractivity contribution in [2.75, 3.05) is 18.9 Å². The normalized spacial score (nSPS) is 14.6. The molecule has 84 valence electrons. The minimum Gasteiger partial charge on any atom is -0.397 e. The number of hydrogen-bond donors (Lipinski definition) is 4. The lowest BCUT2D eigenvalue weighted by Gasteiger charge is -2.20. The van der Waals surface area contributed by atoms with Crippen molar-refractivity contribution in [3.05, 3.63) is 16.3 Å². The molecule has 0 saturated carbocycles. The number of thiophene rings is 1. The second-order valence-electron chi connectivity index (χ2n) is 3.54. The summed E-state index contributed by atoms with van der Waals surface area (Å²) >= 11 is 1.23. The van der Waals surface area contributed by atoms with Crippen LogP contribution in [0.25, 0.3) is 0 Å². The summed E-state index contributed by atoms with van der Waals surface area (Å²) in [6.07, 6.45) is 0. The van der Waals surface area contributed by atoms with Gasteiger partial charge in [-0.2, -0.15) is 0 Å². The Hall–Kier alpha value is -1.11. The number of rotatable bonds is 4. The molecule has 1 atom stereocenters. The fourth-order valence-corrected chi connectivity index (χ4v) is 1.64. The van der Waals surface area contributed by atoms with Gasteiger partial charge in [-0.15, -0.1) is 11.3 Å². The van der Waals surface area contributed by atoms with Crippen LogP contribution in [0.5, 0.6) is 0 Å². The molecule has 0 radical (unpaired) electrons. The van der Waals surface area contributed by atoms with Gasteiger partial charge < -0.3 is 21.3 Å². The molecule has 1 amide bonds. The molecule has 0 aliphatic rings. The van der Waals surface area contributed by atoms with Crippen LogP contribution in [0.4, 0.5) is 5.69 Å². The van der Waals surface area contributed by atoms with Gasteiger partial charge in [0.05, 0.1) is 12.3 Å². The molecule has 5 nitrogen and oxygen atoms in total. The Balaban J connectivity index is 2.55. The Kier molecular flexibility index (Phi) is 3.67. The van der Waals surface area contributed by atoms with E-state index < -0.39 is 12.2 Å². The van der Waals surface area contributed by atoms with Crippen molar-refractivity contribution in [2.24, 2.45) is 0 Å². The zero-order valence-corrected chi connectivity index (χ0v) is 9.17. The van der Waals surface area contributed by atoms with Crippen molar-refractivity contribution in [3.63, 3.8) is 0 Å². The van der Waals surface area contributed by atoms with Crippen molar-refractivity contribution in [1.29, 1.82) is 0 Å². The summed E-state index contributed by atoms with van der Waals surface area (Å²) in [6.45, 7) is 1.01. The lowest BCUT2D eigenvalue weighted by Crippen LogP contribution is -2.43. The summed E-state index contributed by atoms with van der Waals surface area (Å²) in [6, 6.07) is 1.64. The smallest absolute Gasteiger partial charge is 0.263 e. The van der Waals surface area contributed by atoms with E-state index >= 15 is 0 Å². The molecule has 0 bridgehead atoms.